The Morgan fingerprint density at radius 1 is 1.25 bits per heavy atom. The summed E-state index contributed by atoms with van der Waals surface area (Å²) in [5.41, 5.74) is 3.30. The molecular formula is C16H16N2O2. The predicted molar refractivity (Wildman–Crippen MR) is 75.5 cm³/mol. The van der Waals surface area contributed by atoms with Gasteiger partial charge < -0.3 is 5.11 Å². The summed E-state index contributed by atoms with van der Waals surface area (Å²) in [5, 5.41) is 9.33. The van der Waals surface area contributed by atoms with E-state index in [0.717, 1.165) is 16.8 Å². The minimum atomic E-state index is -0.853. The van der Waals surface area contributed by atoms with Crippen LogP contribution in [0, 0.1) is 13.8 Å². The fourth-order valence-electron chi connectivity index (χ4n) is 2.50. The summed E-state index contributed by atoms with van der Waals surface area (Å²) < 4.78 is 0. The molecule has 0 bridgehead atoms. The number of hydrogen-bond donors (Lipinski definition) is 1. The van der Waals surface area contributed by atoms with Crippen LogP contribution in [0.4, 0.5) is 0 Å². The van der Waals surface area contributed by atoms with Crippen LogP contribution in [0.2, 0.25) is 0 Å². The van der Waals surface area contributed by atoms with Crippen LogP contribution in [0.3, 0.4) is 0 Å². The maximum atomic E-state index is 11.4. The van der Waals surface area contributed by atoms with Crippen LogP contribution in [-0.4, -0.2) is 21.0 Å². The normalized spacial score (nSPS) is 15.9. The van der Waals surface area contributed by atoms with Gasteiger partial charge in [-0.1, -0.05) is 23.8 Å². The van der Waals surface area contributed by atoms with Crippen molar-refractivity contribution in [3.8, 4) is 11.3 Å². The average Bonchev–Trinajstić information content (AvgIpc) is 3.20. The molecule has 0 radical (unpaired) electrons. The van der Waals surface area contributed by atoms with E-state index in [2.05, 4.69) is 16.0 Å². The van der Waals surface area contributed by atoms with Crippen molar-refractivity contribution in [2.24, 2.45) is 0 Å². The van der Waals surface area contributed by atoms with Crippen LogP contribution in [0.1, 0.15) is 29.8 Å². The number of carboxylic acids is 1. The maximum absolute atomic E-state index is 11.4. The number of benzene rings is 1. The highest BCUT2D eigenvalue weighted by atomic mass is 16.4. The van der Waals surface area contributed by atoms with Gasteiger partial charge in [-0.2, -0.15) is 0 Å². The Bertz CT molecular complexity index is 691. The van der Waals surface area contributed by atoms with Crippen molar-refractivity contribution >= 4 is 5.97 Å². The van der Waals surface area contributed by atoms with Gasteiger partial charge in [-0.25, -0.2) is 9.97 Å². The summed E-state index contributed by atoms with van der Waals surface area (Å²) in [5.74, 6) is -0.391. The minimum absolute atomic E-state index is 0.433. The van der Waals surface area contributed by atoms with Gasteiger partial charge in [-0.05, 0) is 38.3 Å². The van der Waals surface area contributed by atoms with E-state index in [1.807, 2.05) is 32.0 Å². The van der Waals surface area contributed by atoms with Crippen molar-refractivity contribution in [2.45, 2.75) is 32.1 Å². The smallest absolute Gasteiger partial charge is 0.317 e. The molecule has 0 amide bonds. The van der Waals surface area contributed by atoms with Crippen LogP contribution in [-0.2, 0) is 10.2 Å². The zero-order chi connectivity index (χ0) is 14.3. The van der Waals surface area contributed by atoms with Crippen molar-refractivity contribution in [3.63, 3.8) is 0 Å². The van der Waals surface area contributed by atoms with Gasteiger partial charge in [-0.15, -0.1) is 0 Å². The molecule has 1 aliphatic rings. The quantitative estimate of drug-likeness (QED) is 0.929. The van der Waals surface area contributed by atoms with E-state index in [-0.39, 0.29) is 0 Å². The Morgan fingerprint density at radius 2 is 2.00 bits per heavy atom. The zero-order valence-electron chi connectivity index (χ0n) is 11.6. The second-order valence-corrected chi connectivity index (χ2v) is 5.47. The number of carbonyl (C=O) groups is 1. The lowest BCUT2D eigenvalue weighted by Gasteiger charge is -2.11. The Balaban J connectivity index is 2.06. The summed E-state index contributed by atoms with van der Waals surface area (Å²) >= 11 is 0. The minimum Gasteiger partial charge on any atom is -0.480 e. The van der Waals surface area contributed by atoms with Crippen LogP contribution in [0.25, 0.3) is 11.3 Å². The standard InChI is InChI=1S/C16H16N2O2/c1-10-3-4-12(11(2)9-10)13-5-8-17-14(18-13)16(6-7-16)15(19)20/h3-5,8-9H,6-7H2,1-2H3,(H,19,20). The van der Waals surface area contributed by atoms with E-state index >= 15 is 0 Å². The number of carboxylic acid groups (broad SMARTS) is 1. The lowest BCUT2D eigenvalue weighted by atomic mass is 10.0. The molecule has 1 heterocycles. The lowest BCUT2D eigenvalue weighted by molar-refractivity contribution is -0.140. The van der Waals surface area contributed by atoms with Gasteiger partial charge in [0.1, 0.15) is 11.2 Å². The van der Waals surface area contributed by atoms with Crippen molar-refractivity contribution in [2.75, 3.05) is 0 Å². The van der Waals surface area contributed by atoms with Crippen molar-refractivity contribution in [1.29, 1.82) is 0 Å². The van der Waals surface area contributed by atoms with E-state index in [0.29, 0.717) is 18.7 Å². The SMILES string of the molecule is Cc1ccc(-c2ccnc(C3(C(=O)O)CC3)n2)c(C)c1. The van der Waals surface area contributed by atoms with E-state index in [1.165, 1.54) is 5.56 Å². The molecule has 0 atom stereocenters. The molecule has 1 aromatic carbocycles. The number of aromatic nitrogens is 2. The number of rotatable bonds is 3. The third-order valence-electron chi connectivity index (χ3n) is 3.90. The number of nitrogens with zero attached hydrogens (tertiary/aromatic N) is 2. The molecule has 1 saturated carbocycles. The molecule has 1 fully saturated rings. The molecule has 2 aromatic rings. The summed E-state index contributed by atoms with van der Waals surface area (Å²) in [6.45, 7) is 4.08. The largest absolute Gasteiger partial charge is 0.480 e. The third kappa shape index (κ3) is 1.97. The number of aryl methyl sites for hydroxylation is 2. The summed E-state index contributed by atoms with van der Waals surface area (Å²) in [6, 6.07) is 7.99. The lowest BCUT2D eigenvalue weighted by Crippen LogP contribution is -2.22. The maximum Gasteiger partial charge on any atom is 0.317 e. The van der Waals surface area contributed by atoms with Gasteiger partial charge in [0.05, 0.1) is 5.69 Å². The number of aliphatic carboxylic acids is 1. The Morgan fingerprint density at radius 3 is 2.60 bits per heavy atom. The highest BCUT2D eigenvalue weighted by Crippen LogP contribution is 2.47. The Hall–Kier alpha value is -2.23. The molecule has 0 spiro atoms. The second kappa shape index (κ2) is 4.40. The van der Waals surface area contributed by atoms with Crippen LogP contribution in [0.5, 0.6) is 0 Å². The first kappa shape index (κ1) is 12.8. The highest BCUT2D eigenvalue weighted by molar-refractivity contribution is 5.83. The molecule has 102 valence electrons. The molecule has 4 nitrogen and oxygen atoms in total. The molecule has 1 aliphatic carbocycles. The molecule has 20 heavy (non-hydrogen) atoms. The van der Waals surface area contributed by atoms with Gasteiger partial charge in [0.25, 0.3) is 0 Å². The predicted octanol–water partition coefficient (Wildman–Crippen LogP) is 2.88. The van der Waals surface area contributed by atoms with E-state index in [4.69, 9.17) is 0 Å². The molecule has 1 aromatic heterocycles. The summed E-state index contributed by atoms with van der Waals surface area (Å²) in [4.78, 5) is 20.0. The zero-order valence-corrected chi connectivity index (χ0v) is 11.6. The van der Waals surface area contributed by atoms with Gasteiger partial charge in [0.15, 0.2) is 0 Å². The molecular weight excluding hydrogens is 252 g/mol. The Kier molecular flexibility index (Phi) is 2.82. The van der Waals surface area contributed by atoms with Gasteiger partial charge in [0.2, 0.25) is 0 Å². The molecule has 4 heteroatoms. The van der Waals surface area contributed by atoms with Crippen molar-refractivity contribution in [1.82, 2.24) is 9.97 Å². The highest BCUT2D eigenvalue weighted by Gasteiger charge is 2.54. The van der Waals surface area contributed by atoms with Gasteiger partial charge in [0, 0.05) is 11.8 Å². The van der Waals surface area contributed by atoms with Gasteiger partial charge >= 0.3 is 5.97 Å². The summed E-state index contributed by atoms with van der Waals surface area (Å²) in [7, 11) is 0. The molecule has 1 N–H and O–H groups in total. The topological polar surface area (TPSA) is 63.1 Å². The fraction of sp³-hybridized carbons (Fsp3) is 0.312. The molecule has 0 unspecified atom stereocenters. The molecule has 0 saturated heterocycles. The van der Waals surface area contributed by atoms with Crippen LogP contribution in [0.15, 0.2) is 30.5 Å². The first-order valence-electron chi connectivity index (χ1n) is 6.67. The first-order chi connectivity index (χ1) is 9.53. The van der Waals surface area contributed by atoms with Crippen LogP contribution >= 0.6 is 0 Å². The number of hydrogen-bond acceptors (Lipinski definition) is 3. The summed E-state index contributed by atoms with van der Waals surface area (Å²) in [6.07, 6.45) is 2.90. The first-order valence-corrected chi connectivity index (χ1v) is 6.67. The molecule has 0 aliphatic heterocycles. The van der Waals surface area contributed by atoms with Gasteiger partial charge in [-0.3, -0.25) is 4.79 Å². The van der Waals surface area contributed by atoms with Crippen molar-refractivity contribution in [3.05, 3.63) is 47.4 Å². The fourth-order valence-corrected chi connectivity index (χ4v) is 2.50. The second-order valence-electron chi connectivity index (χ2n) is 5.47. The van der Waals surface area contributed by atoms with Crippen LogP contribution < -0.4 is 0 Å². The van der Waals surface area contributed by atoms with E-state index < -0.39 is 11.4 Å². The molecule has 3 rings (SSSR count). The third-order valence-corrected chi connectivity index (χ3v) is 3.90. The van der Waals surface area contributed by atoms with Crippen molar-refractivity contribution < 1.29 is 9.90 Å². The van der Waals surface area contributed by atoms with E-state index in [9.17, 15) is 9.90 Å². The van der Waals surface area contributed by atoms with E-state index in [1.54, 1.807) is 6.20 Å². The monoisotopic (exact) mass is 268 g/mol. The average molecular weight is 268 g/mol. The Labute approximate surface area is 117 Å².